The summed E-state index contributed by atoms with van der Waals surface area (Å²) in [6, 6.07) is 9.67. The van der Waals surface area contributed by atoms with Gasteiger partial charge in [-0.25, -0.2) is 8.42 Å². The van der Waals surface area contributed by atoms with Crippen LogP contribution in [0.3, 0.4) is 0 Å². The average Bonchev–Trinajstić information content (AvgIpc) is 2.69. The Bertz CT molecular complexity index is 539. The van der Waals surface area contributed by atoms with E-state index in [1.165, 1.54) is 0 Å². The van der Waals surface area contributed by atoms with Crippen LogP contribution < -0.4 is 5.32 Å². The van der Waals surface area contributed by atoms with Gasteiger partial charge in [0.25, 0.3) is 0 Å². The van der Waals surface area contributed by atoms with Gasteiger partial charge >= 0.3 is 0 Å². The Morgan fingerprint density at radius 1 is 1.37 bits per heavy atom. The van der Waals surface area contributed by atoms with Crippen molar-refractivity contribution in [1.82, 2.24) is 5.32 Å². The van der Waals surface area contributed by atoms with E-state index >= 15 is 0 Å². The third-order valence-corrected chi connectivity index (χ3v) is 5.31. The van der Waals surface area contributed by atoms with Crippen molar-refractivity contribution in [3.63, 3.8) is 0 Å². The van der Waals surface area contributed by atoms with Gasteiger partial charge in [0.05, 0.1) is 17.5 Å². The summed E-state index contributed by atoms with van der Waals surface area (Å²) in [6.45, 7) is 1.93. The van der Waals surface area contributed by atoms with Crippen molar-refractivity contribution in [2.75, 3.05) is 11.5 Å². The highest BCUT2D eigenvalue weighted by atomic mass is 32.2. The molecule has 1 aliphatic heterocycles. The molecule has 5 heteroatoms. The largest absolute Gasteiger partial charge is 0.350 e. The van der Waals surface area contributed by atoms with Gasteiger partial charge in [-0.1, -0.05) is 30.3 Å². The first-order chi connectivity index (χ1) is 8.96. The van der Waals surface area contributed by atoms with Crippen molar-refractivity contribution in [2.24, 2.45) is 5.92 Å². The monoisotopic (exact) mass is 281 g/mol. The summed E-state index contributed by atoms with van der Waals surface area (Å²) in [6.07, 6.45) is 0.909. The molecule has 104 valence electrons. The lowest BCUT2D eigenvalue weighted by Gasteiger charge is -2.15. The number of carbonyl (C=O) groups is 1. The molecule has 1 aromatic rings. The number of rotatable bonds is 4. The summed E-state index contributed by atoms with van der Waals surface area (Å²) < 4.78 is 22.7. The molecule has 0 bridgehead atoms. The molecule has 2 atom stereocenters. The van der Waals surface area contributed by atoms with E-state index in [0.29, 0.717) is 12.8 Å². The highest BCUT2D eigenvalue weighted by Gasteiger charge is 2.29. The van der Waals surface area contributed by atoms with E-state index in [9.17, 15) is 13.2 Å². The fourth-order valence-corrected chi connectivity index (χ4v) is 4.28. The van der Waals surface area contributed by atoms with E-state index in [0.717, 1.165) is 5.56 Å². The zero-order chi connectivity index (χ0) is 13.9. The minimum atomic E-state index is -2.90. The van der Waals surface area contributed by atoms with E-state index < -0.39 is 9.84 Å². The summed E-state index contributed by atoms with van der Waals surface area (Å²) >= 11 is 0. The predicted octanol–water partition coefficient (Wildman–Crippen LogP) is 1.69. The molecule has 4 nitrogen and oxygen atoms in total. The molecule has 1 amide bonds. The molecule has 1 aromatic carbocycles. The lowest BCUT2D eigenvalue weighted by molar-refractivity contribution is -0.122. The summed E-state index contributed by atoms with van der Waals surface area (Å²) in [5.41, 5.74) is 1.05. The lowest BCUT2D eigenvalue weighted by Crippen LogP contribution is -2.28. The average molecular weight is 281 g/mol. The number of nitrogens with one attached hydrogen (secondary N) is 1. The number of hydrogen-bond acceptors (Lipinski definition) is 3. The normalized spacial score (nSPS) is 22.9. The number of benzene rings is 1. The molecule has 1 aliphatic rings. The number of amides is 1. The van der Waals surface area contributed by atoms with Crippen LogP contribution in [0.15, 0.2) is 30.3 Å². The third kappa shape index (κ3) is 4.06. The van der Waals surface area contributed by atoms with Crippen molar-refractivity contribution in [2.45, 2.75) is 25.8 Å². The van der Waals surface area contributed by atoms with E-state index in [4.69, 9.17) is 0 Å². The molecule has 1 N–H and O–H groups in total. The van der Waals surface area contributed by atoms with Gasteiger partial charge in [0.1, 0.15) is 0 Å². The molecule has 1 fully saturated rings. The first-order valence-corrected chi connectivity index (χ1v) is 8.33. The first-order valence-electron chi connectivity index (χ1n) is 6.51. The molecular weight excluding hydrogens is 262 g/mol. The highest BCUT2D eigenvalue weighted by molar-refractivity contribution is 7.91. The van der Waals surface area contributed by atoms with Gasteiger partial charge in [-0.2, -0.15) is 0 Å². The van der Waals surface area contributed by atoms with Crippen LogP contribution in [0.2, 0.25) is 0 Å². The van der Waals surface area contributed by atoms with Crippen LogP contribution in [0.4, 0.5) is 0 Å². The maximum absolute atomic E-state index is 11.9. The van der Waals surface area contributed by atoms with Gasteiger partial charge < -0.3 is 5.32 Å². The van der Waals surface area contributed by atoms with Crippen molar-refractivity contribution in [3.8, 4) is 0 Å². The second-order valence-corrected chi connectivity index (χ2v) is 7.40. The summed E-state index contributed by atoms with van der Waals surface area (Å²) in [7, 11) is -2.90. The molecule has 0 radical (unpaired) electrons. The smallest absolute Gasteiger partial charge is 0.220 e. The van der Waals surface area contributed by atoms with Crippen molar-refractivity contribution in [1.29, 1.82) is 0 Å². The highest BCUT2D eigenvalue weighted by Crippen LogP contribution is 2.22. The van der Waals surface area contributed by atoms with Crippen LogP contribution in [0, 0.1) is 5.92 Å². The van der Waals surface area contributed by atoms with Gasteiger partial charge in [-0.15, -0.1) is 0 Å². The Kier molecular flexibility index (Phi) is 4.24. The van der Waals surface area contributed by atoms with Gasteiger partial charge in [-0.3, -0.25) is 4.79 Å². The fraction of sp³-hybridized carbons (Fsp3) is 0.500. The van der Waals surface area contributed by atoms with Crippen LogP contribution >= 0.6 is 0 Å². The Balaban J connectivity index is 1.85. The minimum absolute atomic E-state index is 0.0204. The van der Waals surface area contributed by atoms with Gasteiger partial charge in [0.2, 0.25) is 5.91 Å². The van der Waals surface area contributed by atoms with Crippen molar-refractivity contribution in [3.05, 3.63) is 35.9 Å². The number of carbonyl (C=O) groups excluding carboxylic acids is 1. The van der Waals surface area contributed by atoms with E-state index in [2.05, 4.69) is 5.32 Å². The summed E-state index contributed by atoms with van der Waals surface area (Å²) in [5.74, 6) is 0.283. The van der Waals surface area contributed by atoms with E-state index in [1.54, 1.807) is 0 Å². The topological polar surface area (TPSA) is 63.2 Å². The number of sulfone groups is 1. The Labute approximate surface area is 114 Å². The Hall–Kier alpha value is -1.36. The molecular formula is C14H19NO3S. The maximum atomic E-state index is 11.9. The van der Waals surface area contributed by atoms with Gasteiger partial charge in [-0.05, 0) is 24.8 Å². The first kappa shape index (κ1) is 14.1. The minimum Gasteiger partial charge on any atom is -0.350 e. The molecule has 1 heterocycles. The zero-order valence-corrected chi connectivity index (χ0v) is 11.8. The molecule has 1 saturated heterocycles. The second-order valence-electron chi connectivity index (χ2n) is 5.17. The Morgan fingerprint density at radius 2 is 2.05 bits per heavy atom. The second kappa shape index (κ2) is 5.74. The van der Waals surface area contributed by atoms with Crippen LogP contribution in [-0.2, 0) is 14.6 Å². The quantitative estimate of drug-likeness (QED) is 0.913. The SMILES string of the molecule is C[C@H](NC(=O)C[C@H]1CCS(=O)(=O)C1)c1ccccc1. The third-order valence-electron chi connectivity index (χ3n) is 3.48. The standard InChI is InChI=1S/C14H19NO3S/c1-11(13-5-3-2-4-6-13)15-14(16)9-12-7-8-19(17,18)10-12/h2-6,11-12H,7-10H2,1H3,(H,15,16)/t11-,12+/m0/s1. The molecule has 0 aliphatic carbocycles. The molecule has 2 rings (SSSR count). The molecule has 0 unspecified atom stereocenters. The predicted molar refractivity (Wildman–Crippen MR) is 74.4 cm³/mol. The van der Waals surface area contributed by atoms with Crippen LogP contribution in [-0.4, -0.2) is 25.8 Å². The van der Waals surface area contributed by atoms with Gasteiger partial charge in [0, 0.05) is 6.42 Å². The van der Waals surface area contributed by atoms with Crippen LogP contribution in [0.1, 0.15) is 31.4 Å². The molecule has 0 aromatic heterocycles. The molecule has 0 saturated carbocycles. The summed E-state index contributed by atoms with van der Waals surface area (Å²) in [4.78, 5) is 11.9. The molecule has 19 heavy (non-hydrogen) atoms. The van der Waals surface area contributed by atoms with Gasteiger partial charge in [0.15, 0.2) is 9.84 Å². The lowest BCUT2D eigenvalue weighted by atomic mass is 10.0. The van der Waals surface area contributed by atoms with Crippen LogP contribution in [0.5, 0.6) is 0 Å². The summed E-state index contributed by atoms with van der Waals surface area (Å²) in [5, 5.41) is 2.92. The van der Waals surface area contributed by atoms with E-state index in [-0.39, 0.29) is 29.4 Å². The Morgan fingerprint density at radius 3 is 2.63 bits per heavy atom. The fourth-order valence-electron chi connectivity index (χ4n) is 2.42. The molecule has 0 spiro atoms. The number of hydrogen-bond donors (Lipinski definition) is 1. The maximum Gasteiger partial charge on any atom is 0.220 e. The van der Waals surface area contributed by atoms with Crippen molar-refractivity contribution < 1.29 is 13.2 Å². The zero-order valence-electron chi connectivity index (χ0n) is 11.0. The van der Waals surface area contributed by atoms with Crippen LogP contribution in [0.25, 0.3) is 0 Å². The van der Waals surface area contributed by atoms with E-state index in [1.807, 2.05) is 37.3 Å². The van der Waals surface area contributed by atoms with Crippen molar-refractivity contribution >= 4 is 15.7 Å².